The van der Waals surface area contributed by atoms with Crippen molar-refractivity contribution in [1.82, 2.24) is 9.13 Å². The van der Waals surface area contributed by atoms with Gasteiger partial charge in [-0.05, 0) is 50.2 Å². The quantitative estimate of drug-likeness (QED) is 0.602. The molecule has 0 radical (unpaired) electrons. The Bertz CT molecular complexity index is 1290. The summed E-state index contributed by atoms with van der Waals surface area (Å²) < 4.78 is 35.3. The highest BCUT2D eigenvalue weighted by Gasteiger charge is 2.26. The maximum atomic E-state index is 13.5. The molecule has 1 aromatic heterocycles. The van der Waals surface area contributed by atoms with Gasteiger partial charge in [0.25, 0.3) is 0 Å². The number of hydrogen-bond acceptors (Lipinski definition) is 5. The Labute approximate surface area is 181 Å². The number of aryl methyl sites for hydroxylation is 2. The van der Waals surface area contributed by atoms with Gasteiger partial charge >= 0.3 is 5.69 Å². The summed E-state index contributed by atoms with van der Waals surface area (Å²) in [6, 6.07) is 9.08. The van der Waals surface area contributed by atoms with E-state index in [2.05, 4.69) is 5.32 Å². The van der Waals surface area contributed by atoms with Gasteiger partial charge in [-0.15, -0.1) is 0 Å². The van der Waals surface area contributed by atoms with Crippen LogP contribution in [0.5, 0.6) is 5.75 Å². The Morgan fingerprint density at radius 1 is 1.03 bits per heavy atom. The molecule has 9 heteroatoms. The molecule has 3 aromatic rings. The predicted octanol–water partition coefficient (Wildman–Crippen LogP) is 3.28. The van der Waals surface area contributed by atoms with Gasteiger partial charge < -0.3 is 10.1 Å². The van der Waals surface area contributed by atoms with E-state index in [1.165, 1.54) is 29.9 Å². The van der Waals surface area contributed by atoms with E-state index in [4.69, 9.17) is 4.74 Å². The Morgan fingerprint density at radius 2 is 1.58 bits per heavy atom. The number of amides is 1. The number of sulfone groups is 1. The van der Waals surface area contributed by atoms with E-state index in [1.54, 1.807) is 36.6 Å². The molecule has 0 aliphatic rings. The molecule has 1 heterocycles. The van der Waals surface area contributed by atoms with E-state index >= 15 is 0 Å². The summed E-state index contributed by atoms with van der Waals surface area (Å²) in [7, 11) is -2.49. The number of nitrogens with zero attached hydrogens (tertiary/aromatic N) is 2. The first-order valence-corrected chi connectivity index (χ1v) is 11.6. The first kappa shape index (κ1) is 22.6. The number of aromatic nitrogens is 2. The smallest absolute Gasteiger partial charge is 0.329 e. The highest BCUT2D eigenvalue weighted by Crippen LogP contribution is 2.33. The molecule has 0 unspecified atom stereocenters. The van der Waals surface area contributed by atoms with Crippen molar-refractivity contribution < 1.29 is 17.9 Å². The van der Waals surface area contributed by atoms with Crippen molar-refractivity contribution in [3.05, 3.63) is 46.9 Å². The molecular weight excluding hydrogens is 418 g/mol. The first-order valence-electron chi connectivity index (χ1n) is 10.1. The van der Waals surface area contributed by atoms with E-state index in [-0.39, 0.29) is 33.0 Å². The van der Waals surface area contributed by atoms with Crippen LogP contribution < -0.4 is 15.7 Å². The lowest BCUT2D eigenvalue weighted by molar-refractivity contribution is -0.118. The molecule has 166 valence electrons. The molecule has 0 saturated carbocycles. The van der Waals surface area contributed by atoms with Gasteiger partial charge in [-0.1, -0.05) is 13.8 Å². The summed E-state index contributed by atoms with van der Waals surface area (Å²) in [6.07, 6.45) is 0. The van der Waals surface area contributed by atoms with Crippen molar-refractivity contribution in [2.24, 2.45) is 5.92 Å². The van der Waals surface area contributed by atoms with Crippen molar-refractivity contribution in [2.45, 2.75) is 50.6 Å². The average Bonchev–Trinajstić information content (AvgIpc) is 3.02. The summed E-state index contributed by atoms with van der Waals surface area (Å²) >= 11 is 0. The number of ether oxygens (including phenoxy) is 1. The summed E-state index contributed by atoms with van der Waals surface area (Å²) in [5, 5.41) is 2.73. The zero-order valence-electron chi connectivity index (χ0n) is 18.3. The number of hydrogen-bond donors (Lipinski definition) is 1. The fourth-order valence-corrected chi connectivity index (χ4v) is 4.85. The minimum absolute atomic E-state index is 0.0605. The van der Waals surface area contributed by atoms with Crippen molar-refractivity contribution in [2.75, 3.05) is 12.4 Å². The van der Waals surface area contributed by atoms with Crippen molar-refractivity contribution in [3.8, 4) is 5.75 Å². The third kappa shape index (κ3) is 3.97. The van der Waals surface area contributed by atoms with Gasteiger partial charge in [-0.3, -0.25) is 13.9 Å². The molecule has 0 atom stereocenters. The monoisotopic (exact) mass is 445 g/mol. The van der Waals surface area contributed by atoms with Gasteiger partial charge in [0.05, 0.1) is 33.6 Å². The molecule has 3 rings (SSSR count). The lowest BCUT2D eigenvalue weighted by Gasteiger charge is -2.15. The molecule has 0 saturated heterocycles. The minimum Gasteiger partial charge on any atom is -0.497 e. The van der Waals surface area contributed by atoms with Gasteiger partial charge in [0, 0.05) is 19.0 Å². The number of carbonyl (C=O) groups excluding carboxylic acids is 1. The van der Waals surface area contributed by atoms with E-state index in [0.717, 1.165) is 0 Å². The number of imidazole rings is 1. The SMILES string of the molecule is CCn1c(=O)n(CC)c2cc(S(=O)(=O)c3ccc(OC)cc3)c(NC(=O)C(C)C)cc21. The number of fused-ring (bicyclic) bond motifs is 1. The third-order valence-corrected chi connectivity index (χ3v) is 7.00. The van der Waals surface area contributed by atoms with E-state index in [1.807, 2.05) is 13.8 Å². The zero-order chi connectivity index (χ0) is 22.9. The molecule has 1 N–H and O–H groups in total. The number of nitrogens with one attached hydrogen (secondary N) is 1. The normalized spacial score (nSPS) is 11.8. The summed E-state index contributed by atoms with van der Waals surface area (Å²) in [4.78, 5) is 25.2. The molecule has 0 bridgehead atoms. The summed E-state index contributed by atoms with van der Waals surface area (Å²) in [5.74, 6) is -0.130. The lowest BCUT2D eigenvalue weighted by Crippen LogP contribution is -2.23. The van der Waals surface area contributed by atoms with Crippen LogP contribution in [0, 0.1) is 5.92 Å². The molecule has 8 nitrogen and oxygen atoms in total. The van der Waals surface area contributed by atoms with Crippen LogP contribution in [0.3, 0.4) is 0 Å². The minimum atomic E-state index is -3.99. The first-order chi connectivity index (χ1) is 14.6. The van der Waals surface area contributed by atoms with Gasteiger partial charge in [-0.2, -0.15) is 0 Å². The fourth-order valence-electron chi connectivity index (χ4n) is 3.43. The number of benzene rings is 2. The van der Waals surface area contributed by atoms with Crippen LogP contribution in [0.4, 0.5) is 5.69 Å². The Balaban J connectivity index is 2.33. The predicted molar refractivity (Wildman–Crippen MR) is 119 cm³/mol. The van der Waals surface area contributed by atoms with Crippen LogP contribution in [0.1, 0.15) is 27.7 Å². The second kappa shape index (κ2) is 8.58. The molecule has 0 spiro atoms. The highest BCUT2D eigenvalue weighted by atomic mass is 32.2. The largest absolute Gasteiger partial charge is 0.497 e. The van der Waals surface area contributed by atoms with Gasteiger partial charge in [0.1, 0.15) is 5.75 Å². The molecule has 31 heavy (non-hydrogen) atoms. The van der Waals surface area contributed by atoms with Crippen LogP contribution in [-0.4, -0.2) is 30.6 Å². The van der Waals surface area contributed by atoms with Gasteiger partial charge in [0.15, 0.2) is 0 Å². The van der Waals surface area contributed by atoms with Crippen molar-refractivity contribution in [1.29, 1.82) is 0 Å². The summed E-state index contributed by atoms with van der Waals surface area (Å²) in [5.41, 5.74) is 1.00. The maximum Gasteiger partial charge on any atom is 0.329 e. The summed E-state index contributed by atoms with van der Waals surface area (Å²) in [6.45, 7) is 7.93. The average molecular weight is 446 g/mol. The molecular formula is C22H27N3O5S. The standard InChI is InChI=1S/C22H27N3O5S/c1-6-24-18-12-17(23-21(26)14(3)4)20(13-19(18)25(7-2)22(24)27)31(28,29)16-10-8-15(30-5)9-11-16/h8-14H,6-7H2,1-5H3,(H,23,26). The maximum absolute atomic E-state index is 13.5. The second-order valence-electron chi connectivity index (χ2n) is 7.43. The number of rotatable bonds is 7. The number of anilines is 1. The molecule has 1 amide bonds. The van der Waals surface area contributed by atoms with E-state index in [0.29, 0.717) is 29.9 Å². The Morgan fingerprint density at radius 3 is 2.06 bits per heavy atom. The van der Waals surface area contributed by atoms with Crippen LogP contribution in [0.2, 0.25) is 0 Å². The van der Waals surface area contributed by atoms with Gasteiger partial charge in [-0.25, -0.2) is 13.2 Å². The van der Waals surface area contributed by atoms with Crippen LogP contribution in [0.25, 0.3) is 11.0 Å². The highest BCUT2D eigenvalue weighted by molar-refractivity contribution is 7.91. The third-order valence-electron chi connectivity index (χ3n) is 5.19. The molecule has 2 aromatic carbocycles. The molecule has 0 fully saturated rings. The lowest BCUT2D eigenvalue weighted by atomic mass is 10.2. The van der Waals surface area contributed by atoms with Crippen molar-refractivity contribution in [3.63, 3.8) is 0 Å². The van der Waals surface area contributed by atoms with Crippen LogP contribution in [-0.2, 0) is 27.7 Å². The topological polar surface area (TPSA) is 99.4 Å². The Hall–Kier alpha value is -3.07. The zero-order valence-corrected chi connectivity index (χ0v) is 19.1. The molecule has 0 aliphatic heterocycles. The molecule has 0 aliphatic carbocycles. The fraction of sp³-hybridized carbons (Fsp3) is 0.364. The van der Waals surface area contributed by atoms with E-state index < -0.39 is 9.84 Å². The second-order valence-corrected chi connectivity index (χ2v) is 9.35. The Kier molecular flexibility index (Phi) is 6.26. The van der Waals surface area contributed by atoms with Crippen LogP contribution in [0.15, 0.2) is 51.0 Å². The van der Waals surface area contributed by atoms with Gasteiger partial charge in [0.2, 0.25) is 15.7 Å². The number of methoxy groups -OCH3 is 1. The van der Waals surface area contributed by atoms with Crippen molar-refractivity contribution >= 4 is 32.5 Å². The van der Waals surface area contributed by atoms with E-state index in [9.17, 15) is 18.0 Å². The van der Waals surface area contributed by atoms with Crippen LogP contribution >= 0.6 is 0 Å². The number of carbonyl (C=O) groups is 1.